The first-order valence-corrected chi connectivity index (χ1v) is 3.70. The highest BCUT2D eigenvalue weighted by molar-refractivity contribution is 6.31. The van der Waals surface area contributed by atoms with Crippen molar-refractivity contribution in [3.05, 3.63) is 16.9 Å². The third kappa shape index (κ3) is 2.13. The minimum atomic E-state index is -0.584. The lowest BCUT2D eigenvalue weighted by Crippen LogP contribution is -2.31. The maximum Gasteiger partial charge on any atom is 0.313 e. The lowest BCUT2D eigenvalue weighted by atomic mass is 10.5. The van der Waals surface area contributed by atoms with Gasteiger partial charge in [0.15, 0.2) is 0 Å². The molecule has 1 rings (SSSR count). The lowest BCUT2D eigenvalue weighted by Gasteiger charge is -1.99. The van der Waals surface area contributed by atoms with Gasteiger partial charge in [0.1, 0.15) is 6.67 Å². The Morgan fingerprint density at radius 3 is 3.00 bits per heavy atom. The fourth-order valence-corrected chi connectivity index (χ4v) is 0.884. The molecule has 0 aromatic carbocycles. The zero-order chi connectivity index (χ0) is 9.14. The average Bonchev–Trinajstić information content (AvgIpc) is 2.28. The first-order chi connectivity index (χ1) is 5.59. The van der Waals surface area contributed by atoms with Crippen LogP contribution in [0.5, 0.6) is 0 Å². The first kappa shape index (κ1) is 8.86. The number of hydrogen-bond acceptors (Lipinski definition) is 2. The van der Waals surface area contributed by atoms with Crippen molar-refractivity contribution in [1.29, 1.82) is 0 Å². The predicted molar refractivity (Wildman–Crippen MR) is 44.7 cm³/mol. The van der Waals surface area contributed by atoms with E-state index in [1.807, 2.05) is 0 Å². The van der Waals surface area contributed by atoms with Crippen LogP contribution in [0.4, 0.5) is 4.79 Å². The molecule has 0 saturated heterocycles. The summed E-state index contributed by atoms with van der Waals surface area (Å²) in [5.74, 6) is 0. The summed E-state index contributed by atoms with van der Waals surface area (Å²) in [6.07, 6.45) is 1.62. The van der Waals surface area contributed by atoms with Crippen molar-refractivity contribution in [2.24, 2.45) is 5.73 Å². The van der Waals surface area contributed by atoms with Gasteiger partial charge in [-0.15, -0.1) is 0 Å². The molecule has 6 heteroatoms. The second kappa shape index (κ2) is 3.44. The number of urea groups is 1. The van der Waals surface area contributed by atoms with Crippen LogP contribution in [0.3, 0.4) is 0 Å². The summed E-state index contributed by atoms with van der Waals surface area (Å²) in [5, 5.41) is 6.95. The van der Waals surface area contributed by atoms with E-state index in [2.05, 4.69) is 10.4 Å². The number of hydrogen-bond donors (Lipinski definition) is 2. The largest absolute Gasteiger partial charge is 0.352 e. The van der Waals surface area contributed by atoms with E-state index >= 15 is 0 Å². The standard InChI is InChI=1S/C6H9ClN4O/c1-4-5(7)2-11(10-4)3-9-6(8)12/h2H,3H2,1H3,(H3,8,9,12). The minimum absolute atomic E-state index is 0.239. The molecule has 0 aliphatic heterocycles. The van der Waals surface area contributed by atoms with E-state index in [0.29, 0.717) is 5.02 Å². The minimum Gasteiger partial charge on any atom is -0.352 e. The van der Waals surface area contributed by atoms with E-state index in [1.54, 1.807) is 13.1 Å². The number of nitrogens with two attached hydrogens (primary N) is 1. The SMILES string of the molecule is Cc1nn(CNC(N)=O)cc1Cl. The second-order valence-corrected chi connectivity index (χ2v) is 2.71. The topological polar surface area (TPSA) is 72.9 Å². The van der Waals surface area contributed by atoms with Gasteiger partial charge in [0.25, 0.3) is 0 Å². The van der Waals surface area contributed by atoms with Crippen LogP contribution in [0.15, 0.2) is 6.20 Å². The normalized spacial score (nSPS) is 9.83. The first-order valence-electron chi connectivity index (χ1n) is 3.32. The number of nitrogens with one attached hydrogen (secondary N) is 1. The summed E-state index contributed by atoms with van der Waals surface area (Å²) < 4.78 is 1.50. The Bertz CT molecular complexity index is 276. The summed E-state index contributed by atoms with van der Waals surface area (Å²) in [4.78, 5) is 10.3. The molecular formula is C6H9ClN4O. The van der Waals surface area contributed by atoms with E-state index < -0.39 is 6.03 Å². The predicted octanol–water partition coefficient (Wildman–Crippen LogP) is 0.471. The number of carbonyl (C=O) groups excluding carboxylic acids is 1. The molecular weight excluding hydrogens is 180 g/mol. The quantitative estimate of drug-likeness (QED) is 0.708. The van der Waals surface area contributed by atoms with Crippen molar-refractivity contribution in [3.63, 3.8) is 0 Å². The molecule has 0 fully saturated rings. The molecule has 1 heterocycles. The van der Waals surface area contributed by atoms with Gasteiger partial charge in [0.05, 0.1) is 10.7 Å². The fraction of sp³-hybridized carbons (Fsp3) is 0.333. The van der Waals surface area contributed by atoms with Crippen molar-refractivity contribution < 1.29 is 4.79 Å². The molecule has 2 amide bonds. The van der Waals surface area contributed by atoms with Crippen LogP contribution >= 0.6 is 11.6 Å². The third-order valence-corrected chi connectivity index (χ3v) is 1.67. The molecule has 1 aromatic heterocycles. The van der Waals surface area contributed by atoms with E-state index in [4.69, 9.17) is 17.3 Å². The van der Waals surface area contributed by atoms with Gasteiger partial charge in [-0.25, -0.2) is 4.79 Å². The number of rotatable bonds is 2. The molecule has 0 spiro atoms. The van der Waals surface area contributed by atoms with Crippen LogP contribution in [0.2, 0.25) is 5.02 Å². The Balaban J connectivity index is 2.58. The third-order valence-electron chi connectivity index (χ3n) is 1.30. The maximum absolute atomic E-state index is 10.3. The zero-order valence-electron chi connectivity index (χ0n) is 6.54. The summed E-state index contributed by atoms with van der Waals surface area (Å²) in [5.41, 5.74) is 5.59. The van der Waals surface area contributed by atoms with Crippen molar-refractivity contribution in [2.75, 3.05) is 0 Å². The average molecular weight is 189 g/mol. The van der Waals surface area contributed by atoms with Gasteiger partial charge in [-0.3, -0.25) is 4.68 Å². The number of aromatic nitrogens is 2. The monoisotopic (exact) mass is 188 g/mol. The van der Waals surface area contributed by atoms with Gasteiger partial charge in [-0.1, -0.05) is 11.6 Å². The summed E-state index contributed by atoms with van der Waals surface area (Å²) in [6.45, 7) is 2.02. The molecule has 0 radical (unpaired) electrons. The number of aryl methyl sites for hydroxylation is 1. The summed E-state index contributed by atoms with van der Waals surface area (Å²) in [7, 11) is 0. The van der Waals surface area contributed by atoms with Gasteiger partial charge in [0, 0.05) is 6.20 Å². The number of primary amides is 1. The second-order valence-electron chi connectivity index (χ2n) is 2.30. The van der Waals surface area contributed by atoms with Crippen molar-refractivity contribution in [2.45, 2.75) is 13.6 Å². The molecule has 5 nitrogen and oxygen atoms in total. The Labute approximate surface area is 74.5 Å². The Morgan fingerprint density at radius 2 is 2.58 bits per heavy atom. The Morgan fingerprint density at radius 1 is 1.92 bits per heavy atom. The summed E-state index contributed by atoms with van der Waals surface area (Å²) >= 11 is 5.72. The van der Waals surface area contributed by atoms with Crippen molar-refractivity contribution in [3.8, 4) is 0 Å². The van der Waals surface area contributed by atoms with Crippen LogP contribution in [0.25, 0.3) is 0 Å². The van der Waals surface area contributed by atoms with Crippen molar-refractivity contribution >= 4 is 17.6 Å². The van der Waals surface area contributed by atoms with E-state index in [0.717, 1.165) is 5.69 Å². The van der Waals surface area contributed by atoms with Crippen LogP contribution in [0.1, 0.15) is 5.69 Å². The van der Waals surface area contributed by atoms with Crippen LogP contribution in [-0.4, -0.2) is 15.8 Å². The van der Waals surface area contributed by atoms with Gasteiger partial charge in [-0.05, 0) is 6.92 Å². The molecule has 0 atom stereocenters. The molecule has 0 saturated carbocycles. The Kier molecular flexibility index (Phi) is 2.54. The highest BCUT2D eigenvalue weighted by atomic mass is 35.5. The van der Waals surface area contributed by atoms with Gasteiger partial charge in [0.2, 0.25) is 0 Å². The van der Waals surface area contributed by atoms with Gasteiger partial charge >= 0.3 is 6.03 Å². The highest BCUT2D eigenvalue weighted by Gasteiger charge is 2.01. The van der Waals surface area contributed by atoms with Crippen molar-refractivity contribution in [1.82, 2.24) is 15.1 Å². The lowest BCUT2D eigenvalue weighted by molar-refractivity contribution is 0.245. The van der Waals surface area contributed by atoms with Gasteiger partial charge < -0.3 is 11.1 Å². The number of nitrogens with zero attached hydrogens (tertiary/aromatic N) is 2. The molecule has 3 N–H and O–H groups in total. The van der Waals surface area contributed by atoms with E-state index in [1.165, 1.54) is 4.68 Å². The molecule has 66 valence electrons. The van der Waals surface area contributed by atoms with E-state index in [9.17, 15) is 4.79 Å². The number of carbonyl (C=O) groups is 1. The highest BCUT2D eigenvalue weighted by Crippen LogP contribution is 2.10. The molecule has 0 unspecified atom stereocenters. The van der Waals surface area contributed by atoms with Crippen LogP contribution in [-0.2, 0) is 6.67 Å². The van der Waals surface area contributed by atoms with Crippen LogP contribution < -0.4 is 11.1 Å². The van der Waals surface area contributed by atoms with Gasteiger partial charge in [-0.2, -0.15) is 5.10 Å². The molecule has 1 aromatic rings. The number of amides is 2. The molecule has 0 aliphatic carbocycles. The maximum atomic E-state index is 10.3. The molecule has 0 aliphatic rings. The zero-order valence-corrected chi connectivity index (χ0v) is 7.30. The van der Waals surface area contributed by atoms with E-state index in [-0.39, 0.29) is 6.67 Å². The molecule has 0 bridgehead atoms. The fourth-order valence-electron chi connectivity index (χ4n) is 0.733. The number of halogens is 1. The van der Waals surface area contributed by atoms with Crippen LogP contribution in [0, 0.1) is 6.92 Å². The Hall–Kier alpha value is -1.23. The summed E-state index contributed by atoms with van der Waals surface area (Å²) in [6, 6.07) is -0.584. The molecule has 12 heavy (non-hydrogen) atoms. The smallest absolute Gasteiger partial charge is 0.313 e.